The van der Waals surface area contributed by atoms with Gasteiger partial charge in [0.2, 0.25) is 5.89 Å². The maximum atomic E-state index is 11.1. The molecule has 0 aliphatic carbocycles. The number of carboxylic acid groups (broad SMARTS) is 1. The molecule has 1 N–H and O–H groups in total. The second-order valence-electron chi connectivity index (χ2n) is 5.80. The molecule has 0 bridgehead atoms. The standard InChI is InChI=1S/C17H20N2O3/c1-12-15(11-19-9-5-8-14(10-19)17(20)21)18-16(22-12)13-6-3-2-4-7-13/h2-4,6-7,14H,5,8-11H2,1H3,(H,20,21). The van der Waals surface area contributed by atoms with Crippen molar-refractivity contribution in [2.24, 2.45) is 5.92 Å². The van der Waals surface area contributed by atoms with Crippen LogP contribution in [0.1, 0.15) is 24.3 Å². The molecule has 0 amide bonds. The van der Waals surface area contributed by atoms with E-state index in [0.29, 0.717) is 19.0 Å². The van der Waals surface area contributed by atoms with Gasteiger partial charge in [0.15, 0.2) is 0 Å². The van der Waals surface area contributed by atoms with Crippen LogP contribution in [0, 0.1) is 12.8 Å². The molecule has 2 heterocycles. The number of benzene rings is 1. The molecule has 1 unspecified atom stereocenters. The van der Waals surface area contributed by atoms with Crippen LogP contribution >= 0.6 is 0 Å². The summed E-state index contributed by atoms with van der Waals surface area (Å²) in [6.45, 7) is 4.05. The number of carbonyl (C=O) groups is 1. The Balaban J connectivity index is 1.73. The van der Waals surface area contributed by atoms with Gasteiger partial charge < -0.3 is 9.52 Å². The molecule has 1 fully saturated rings. The highest BCUT2D eigenvalue weighted by molar-refractivity contribution is 5.70. The number of aliphatic carboxylic acids is 1. The largest absolute Gasteiger partial charge is 0.481 e. The van der Waals surface area contributed by atoms with Crippen LogP contribution in [-0.4, -0.2) is 34.0 Å². The lowest BCUT2D eigenvalue weighted by molar-refractivity contribution is -0.143. The van der Waals surface area contributed by atoms with E-state index in [-0.39, 0.29) is 5.92 Å². The topological polar surface area (TPSA) is 66.6 Å². The number of hydrogen-bond acceptors (Lipinski definition) is 4. The highest BCUT2D eigenvalue weighted by Gasteiger charge is 2.26. The third-order valence-electron chi connectivity index (χ3n) is 4.14. The first kappa shape index (κ1) is 14.8. The molecule has 1 aliphatic heterocycles. The summed E-state index contributed by atoms with van der Waals surface area (Å²) < 4.78 is 5.76. The van der Waals surface area contributed by atoms with Gasteiger partial charge in [-0.15, -0.1) is 0 Å². The van der Waals surface area contributed by atoms with Gasteiger partial charge in [0.25, 0.3) is 0 Å². The molecular weight excluding hydrogens is 280 g/mol. The van der Waals surface area contributed by atoms with E-state index in [0.717, 1.165) is 36.4 Å². The van der Waals surface area contributed by atoms with Gasteiger partial charge in [0.05, 0.1) is 11.6 Å². The molecule has 1 atom stereocenters. The lowest BCUT2D eigenvalue weighted by atomic mass is 9.98. The lowest BCUT2D eigenvalue weighted by Crippen LogP contribution is -2.38. The van der Waals surface area contributed by atoms with Crippen molar-refractivity contribution in [1.29, 1.82) is 0 Å². The molecule has 116 valence electrons. The fourth-order valence-corrected chi connectivity index (χ4v) is 2.89. The van der Waals surface area contributed by atoms with Crippen LogP contribution < -0.4 is 0 Å². The Labute approximate surface area is 129 Å². The molecule has 0 spiro atoms. The maximum Gasteiger partial charge on any atom is 0.307 e. The van der Waals surface area contributed by atoms with Gasteiger partial charge >= 0.3 is 5.97 Å². The molecule has 3 rings (SSSR count). The first-order chi connectivity index (χ1) is 10.6. The highest BCUT2D eigenvalue weighted by atomic mass is 16.4. The molecule has 0 saturated carbocycles. The Morgan fingerprint density at radius 1 is 1.41 bits per heavy atom. The van der Waals surface area contributed by atoms with E-state index in [1.165, 1.54) is 0 Å². The van der Waals surface area contributed by atoms with Crippen LogP contribution in [0.5, 0.6) is 0 Å². The van der Waals surface area contributed by atoms with Gasteiger partial charge in [-0.1, -0.05) is 18.2 Å². The predicted molar refractivity (Wildman–Crippen MR) is 82.3 cm³/mol. The number of carboxylic acids is 1. The van der Waals surface area contributed by atoms with Crippen molar-refractivity contribution in [3.8, 4) is 11.5 Å². The van der Waals surface area contributed by atoms with Gasteiger partial charge in [0.1, 0.15) is 5.76 Å². The van der Waals surface area contributed by atoms with Crippen LogP contribution in [0.3, 0.4) is 0 Å². The third-order valence-corrected chi connectivity index (χ3v) is 4.14. The maximum absolute atomic E-state index is 11.1. The zero-order valence-corrected chi connectivity index (χ0v) is 12.7. The number of nitrogens with zero attached hydrogens (tertiary/aromatic N) is 2. The van der Waals surface area contributed by atoms with E-state index in [1.807, 2.05) is 37.3 Å². The van der Waals surface area contributed by atoms with Crippen molar-refractivity contribution >= 4 is 5.97 Å². The lowest BCUT2D eigenvalue weighted by Gasteiger charge is -2.29. The van der Waals surface area contributed by atoms with E-state index >= 15 is 0 Å². The van der Waals surface area contributed by atoms with Gasteiger partial charge in [0, 0.05) is 18.7 Å². The van der Waals surface area contributed by atoms with Gasteiger partial charge in [-0.25, -0.2) is 4.98 Å². The van der Waals surface area contributed by atoms with Crippen molar-refractivity contribution in [3.63, 3.8) is 0 Å². The summed E-state index contributed by atoms with van der Waals surface area (Å²) in [6, 6.07) is 9.81. The first-order valence-corrected chi connectivity index (χ1v) is 7.60. The fourth-order valence-electron chi connectivity index (χ4n) is 2.89. The average Bonchev–Trinajstić information content (AvgIpc) is 2.89. The second-order valence-corrected chi connectivity index (χ2v) is 5.80. The number of likely N-dealkylation sites (tertiary alicyclic amines) is 1. The molecule has 0 radical (unpaired) electrons. The zero-order valence-electron chi connectivity index (χ0n) is 12.7. The van der Waals surface area contributed by atoms with Crippen LogP contribution in [0.4, 0.5) is 0 Å². The summed E-state index contributed by atoms with van der Waals surface area (Å²) in [7, 11) is 0. The number of oxazole rings is 1. The molecular formula is C17H20N2O3. The fraction of sp³-hybridized carbons (Fsp3) is 0.412. The molecule has 1 aromatic heterocycles. The predicted octanol–water partition coefficient (Wildman–Crippen LogP) is 2.95. The molecule has 2 aromatic rings. The molecule has 1 aliphatic rings. The number of aryl methyl sites for hydroxylation is 1. The molecule has 1 aromatic carbocycles. The highest BCUT2D eigenvalue weighted by Crippen LogP contribution is 2.24. The van der Waals surface area contributed by atoms with Crippen LogP contribution in [0.2, 0.25) is 0 Å². The summed E-state index contributed by atoms with van der Waals surface area (Å²) in [5, 5.41) is 9.17. The van der Waals surface area contributed by atoms with Crippen molar-refractivity contribution in [2.45, 2.75) is 26.3 Å². The van der Waals surface area contributed by atoms with E-state index in [9.17, 15) is 4.79 Å². The van der Waals surface area contributed by atoms with Crippen LogP contribution in [-0.2, 0) is 11.3 Å². The van der Waals surface area contributed by atoms with E-state index < -0.39 is 5.97 Å². The Bertz CT molecular complexity index is 651. The smallest absolute Gasteiger partial charge is 0.307 e. The van der Waals surface area contributed by atoms with Gasteiger partial charge in [-0.3, -0.25) is 9.69 Å². The molecule has 22 heavy (non-hydrogen) atoms. The van der Waals surface area contributed by atoms with E-state index in [1.54, 1.807) is 0 Å². The summed E-state index contributed by atoms with van der Waals surface area (Å²) in [6.07, 6.45) is 1.68. The second kappa shape index (κ2) is 6.32. The number of piperidine rings is 1. The van der Waals surface area contributed by atoms with Crippen molar-refractivity contribution in [1.82, 2.24) is 9.88 Å². The SMILES string of the molecule is Cc1oc(-c2ccccc2)nc1CN1CCCC(C(=O)O)C1. The van der Waals surface area contributed by atoms with Crippen molar-refractivity contribution in [2.75, 3.05) is 13.1 Å². The third kappa shape index (κ3) is 3.20. The quantitative estimate of drug-likeness (QED) is 0.940. The van der Waals surface area contributed by atoms with Crippen LogP contribution in [0.15, 0.2) is 34.7 Å². The van der Waals surface area contributed by atoms with E-state index in [2.05, 4.69) is 9.88 Å². The van der Waals surface area contributed by atoms with Gasteiger partial charge in [-0.2, -0.15) is 0 Å². The van der Waals surface area contributed by atoms with Crippen molar-refractivity contribution in [3.05, 3.63) is 41.8 Å². The van der Waals surface area contributed by atoms with Crippen molar-refractivity contribution < 1.29 is 14.3 Å². The normalized spacial score (nSPS) is 19.2. The number of rotatable bonds is 4. The molecule has 5 heteroatoms. The molecule has 1 saturated heterocycles. The summed E-state index contributed by atoms with van der Waals surface area (Å²) >= 11 is 0. The minimum absolute atomic E-state index is 0.269. The summed E-state index contributed by atoms with van der Waals surface area (Å²) in [5.41, 5.74) is 1.85. The minimum atomic E-state index is -0.702. The van der Waals surface area contributed by atoms with E-state index in [4.69, 9.17) is 9.52 Å². The number of hydrogen-bond donors (Lipinski definition) is 1. The first-order valence-electron chi connectivity index (χ1n) is 7.60. The Kier molecular flexibility index (Phi) is 4.24. The summed E-state index contributed by atoms with van der Waals surface area (Å²) in [5.74, 6) is 0.456. The Morgan fingerprint density at radius 2 is 2.18 bits per heavy atom. The molecule has 5 nitrogen and oxygen atoms in total. The Morgan fingerprint density at radius 3 is 2.91 bits per heavy atom. The monoisotopic (exact) mass is 300 g/mol. The Hall–Kier alpha value is -2.14. The number of aromatic nitrogens is 1. The minimum Gasteiger partial charge on any atom is -0.481 e. The van der Waals surface area contributed by atoms with Gasteiger partial charge in [-0.05, 0) is 38.4 Å². The average molecular weight is 300 g/mol. The zero-order chi connectivity index (χ0) is 15.5. The van der Waals surface area contributed by atoms with Crippen LogP contribution in [0.25, 0.3) is 11.5 Å². The summed E-state index contributed by atoms with van der Waals surface area (Å²) in [4.78, 5) is 17.9.